The van der Waals surface area contributed by atoms with E-state index in [1.165, 1.54) is 14.0 Å². The van der Waals surface area contributed by atoms with Crippen molar-refractivity contribution in [1.29, 1.82) is 0 Å². The molecule has 1 aromatic heterocycles. The molecule has 0 aliphatic carbocycles. The molecule has 0 fully saturated rings. The fourth-order valence-corrected chi connectivity index (χ4v) is 1.59. The van der Waals surface area contributed by atoms with E-state index in [1.807, 2.05) is 18.2 Å². The summed E-state index contributed by atoms with van der Waals surface area (Å²) in [6.45, 7) is 2.37. The van der Waals surface area contributed by atoms with Crippen LogP contribution in [0.4, 0.5) is 0 Å². The topological polar surface area (TPSA) is 80.3 Å². The first kappa shape index (κ1) is 15.1. The van der Waals surface area contributed by atoms with Crippen LogP contribution in [0.2, 0.25) is 0 Å². The number of aromatic nitrogens is 1. The van der Waals surface area contributed by atoms with Crippen LogP contribution in [0.3, 0.4) is 0 Å². The number of nitrogens with zero attached hydrogens (tertiary/aromatic N) is 1. The van der Waals surface area contributed by atoms with Gasteiger partial charge >= 0.3 is 5.97 Å². The number of ether oxygens (including phenoxy) is 1. The predicted molar refractivity (Wildman–Crippen MR) is 70.4 cm³/mol. The lowest BCUT2D eigenvalue weighted by molar-refractivity contribution is -0.144. The Bertz CT molecular complexity index is 409. The van der Waals surface area contributed by atoms with Gasteiger partial charge in [-0.1, -0.05) is 6.07 Å². The average molecular weight is 265 g/mol. The molecule has 0 aromatic carbocycles. The summed E-state index contributed by atoms with van der Waals surface area (Å²) in [5.74, 6) is -0.720. The van der Waals surface area contributed by atoms with Crippen LogP contribution in [0.1, 0.15) is 12.6 Å². The van der Waals surface area contributed by atoms with Gasteiger partial charge in [-0.3, -0.25) is 9.78 Å². The van der Waals surface area contributed by atoms with Crippen LogP contribution in [0.15, 0.2) is 24.4 Å². The van der Waals surface area contributed by atoms with Gasteiger partial charge in [0.25, 0.3) is 0 Å². The fourth-order valence-electron chi connectivity index (χ4n) is 1.59. The molecule has 0 saturated carbocycles. The summed E-state index contributed by atoms with van der Waals surface area (Å²) in [4.78, 5) is 26.6. The van der Waals surface area contributed by atoms with E-state index >= 15 is 0 Å². The largest absolute Gasteiger partial charge is 0.467 e. The number of rotatable bonds is 7. The Balaban J connectivity index is 2.32. The summed E-state index contributed by atoms with van der Waals surface area (Å²) in [6.07, 6.45) is 2.50. The Morgan fingerprint density at radius 1 is 1.42 bits per heavy atom. The molecule has 19 heavy (non-hydrogen) atoms. The molecule has 0 radical (unpaired) electrons. The number of amides is 1. The highest BCUT2D eigenvalue weighted by Gasteiger charge is 2.19. The number of esters is 1. The zero-order chi connectivity index (χ0) is 14.1. The molecule has 6 heteroatoms. The number of carbonyl (C=O) groups excluding carboxylic acids is 2. The Labute approximate surface area is 112 Å². The lowest BCUT2D eigenvalue weighted by Gasteiger charge is -2.15. The zero-order valence-electron chi connectivity index (χ0n) is 11.2. The third kappa shape index (κ3) is 5.96. The molecule has 0 aliphatic rings. The number of methoxy groups -OCH3 is 1. The summed E-state index contributed by atoms with van der Waals surface area (Å²) >= 11 is 0. The van der Waals surface area contributed by atoms with E-state index in [1.54, 1.807) is 6.20 Å². The molecule has 1 aromatic rings. The number of pyridine rings is 1. The Morgan fingerprint density at radius 3 is 2.79 bits per heavy atom. The predicted octanol–water partition coefficient (Wildman–Crippen LogP) is -0.109. The van der Waals surface area contributed by atoms with Gasteiger partial charge in [-0.2, -0.15) is 0 Å². The van der Waals surface area contributed by atoms with Gasteiger partial charge < -0.3 is 15.4 Å². The standard InChI is InChI=1S/C13H19N3O3/c1-10(17)16-12(13(18)19-2)9-14-8-6-11-5-3-4-7-15-11/h3-5,7,12,14H,6,8-9H2,1-2H3,(H,16,17). The highest BCUT2D eigenvalue weighted by atomic mass is 16.5. The first-order valence-electron chi connectivity index (χ1n) is 6.09. The maximum absolute atomic E-state index is 11.4. The second kappa shape index (κ2) is 8.20. The van der Waals surface area contributed by atoms with Crippen molar-refractivity contribution in [3.63, 3.8) is 0 Å². The normalized spacial score (nSPS) is 11.7. The van der Waals surface area contributed by atoms with Gasteiger partial charge in [-0.25, -0.2) is 4.79 Å². The van der Waals surface area contributed by atoms with Gasteiger partial charge in [0.2, 0.25) is 5.91 Å². The summed E-state index contributed by atoms with van der Waals surface area (Å²) in [7, 11) is 1.30. The summed E-state index contributed by atoms with van der Waals surface area (Å²) in [6, 6.07) is 5.07. The third-order valence-electron chi connectivity index (χ3n) is 2.50. The van der Waals surface area contributed by atoms with Crippen molar-refractivity contribution in [2.75, 3.05) is 20.2 Å². The molecule has 1 rings (SSSR count). The van der Waals surface area contributed by atoms with E-state index in [0.29, 0.717) is 13.1 Å². The van der Waals surface area contributed by atoms with Crippen molar-refractivity contribution in [1.82, 2.24) is 15.6 Å². The Morgan fingerprint density at radius 2 is 2.21 bits per heavy atom. The molecule has 0 aliphatic heterocycles. The first-order valence-corrected chi connectivity index (χ1v) is 6.09. The molecule has 0 bridgehead atoms. The summed E-state index contributed by atoms with van der Waals surface area (Å²) in [5, 5.41) is 5.64. The van der Waals surface area contributed by atoms with E-state index in [-0.39, 0.29) is 5.91 Å². The van der Waals surface area contributed by atoms with E-state index < -0.39 is 12.0 Å². The van der Waals surface area contributed by atoms with Gasteiger partial charge in [0, 0.05) is 38.3 Å². The number of hydrogen-bond donors (Lipinski definition) is 2. The van der Waals surface area contributed by atoms with E-state index in [2.05, 4.69) is 20.4 Å². The van der Waals surface area contributed by atoms with Crippen LogP contribution in [-0.4, -0.2) is 43.1 Å². The smallest absolute Gasteiger partial charge is 0.329 e. The molecule has 6 nitrogen and oxygen atoms in total. The number of hydrogen-bond acceptors (Lipinski definition) is 5. The SMILES string of the molecule is COC(=O)C(CNCCc1ccccn1)NC(C)=O. The van der Waals surface area contributed by atoms with Crippen molar-refractivity contribution in [3.05, 3.63) is 30.1 Å². The first-order chi connectivity index (χ1) is 9.13. The highest BCUT2D eigenvalue weighted by Crippen LogP contribution is 1.93. The highest BCUT2D eigenvalue weighted by molar-refractivity contribution is 5.83. The minimum absolute atomic E-state index is 0.262. The van der Waals surface area contributed by atoms with Crippen LogP contribution in [0, 0.1) is 0 Å². The fraction of sp³-hybridized carbons (Fsp3) is 0.462. The number of nitrogens with one attached hydrogen (secondary N) is 2. The monoisotopic (exact) mass is 265 g/mol. The molecule has 1 heterocycles. The van der Waals surface area contributed by atoms with Crippen molar-refractivity contribution < 1.29 is 14.3 Å². The molecule has 2 N–H and O–H groups in total. The van der Waals surface area contributed by atoms with E-state index in [4.69, 9.17) is 0 Å². The maximum atomic E-state index is 11.4. The van der Waals surface area contributed by atoms with E-state index in [9.17, 15) is 9.59 Å². The molecular weight excluding hydrogens is 246 g/mol. The minimum Gasteiger partial charge on any atom is -0.467 e. The lowest BCUT2D eigenvalue weighted by Crippen LogP contribution is -2.47. The van der Waals surface area contributed by atoms with Crippen molar-refractivity contribution in [3.8, 4) is 0 Å². The number of carbonyl (C=O) groups is 2. The van der Waals surface area contributed by atoms with Gasteiger partial charge in [-0.05, 0) is 12.1 Å². The average Bonchev–Trinajstić information content (AvgIpc) is 2.42. The molecule has 1 atom stereocenters. The molecule has 1 unspecified atom stereocenters. The van der Waals surface area contributed by atoms with Gasteiger partial charge in [0.15, 0.2) is 0 Å². The quantitative estimate of drug-likeness (QED) is 0.531. The van der Waals surface area contributed by atoms with Crippen molar-refractivity contribution >= 4 is 11.9 Å². The maximum Gasteiger partial charge on any atom is 0.329 e. The van der Waals surface area contributed by atoms with Crippen molar-refractivity contribution in [2.45, 2.75) is 19.4 Å². The molecular formula is C13H19N3O3. The Kier molecular flexibility index (Phi) is 6.52. The van der Waals surface area contributed by atoms with Crippen LogP contribution < -0.4 is 10.6 Å². The second-order valence-corrected chi connectivity index (χ2v) is 4.05. The van der Waals surface area contributed by atoms with Crippen LogP contribution in [0.25, 0.3) is 0 Å². The van der Waals surface area contributed by atoms with Crippen LogP contribution in [0.5, 0.6) is 0 Å². The third-order valence-corrected chi connectivity index (χ3v) is 2.50. The van der Waals surface area contributed by atoms with Crippen molar-refractivity contribution in [2.24, 2.45) is 0 Å². The van der Waals surface area contributed by atoms with Crippen LogP contribution in [-0.2, 0) is 20.7 Å². The Hall–Kier alpha value is -1.95. The van der Waals surface area contributed by atoms with Crippen LogP contribution >= 0.6 is 0 Å². The minimum atomic E-state index is -0.661. The lowest BCUT2D eigenvalue weighted by atomic mass is 10.2. The second-order valence-electron chi connectivity index (χ2n) is 4.05. The molecule has 104 valence electrons. The van der Waals surface area contributed by atoms with E-state index in [0.717, 1.165) is 12.1 Å². The van der Waals surface area contributed by atoms with Gasteiger partial charge in [0.05, 0.1) is 7.11 Å². The molecule has 1 amide bonds. The summed E-state index contributed by atoms with van der Waals surface area (Å²) in [5.41, 5.74) is 0.976. The summed E-state index contributed by atoms with van der Waals surface area (Å²) < 4.78 is 4.62. The van der Waals surface area contributed by atoms with Gasteiger partial charge in [0.1, 0.15) is 6.04 Å². The molecule has 0 spiro atoms. The zero-order valence-corrected chi connectivity index (χ0v) is 11.2. The van der Waals surface area contributed by atoms with Gasteiger partial charge in [-0.15, -0.1) is 0 Å². The molecule has 0 saturated heterocycles.